The molecule has 94 valence electrons. The molecule has 17 heavy (non-hydrogen) atoms. The molecule has 1 aromatic rings. The first-order valence-electron chi connectivity index (χ1n) is 6.51. The van der Waals surface area contributed by atoms with Crippen molar-refractivity contribution in [1.82, 2.24) is 9.78 Å². The van der Waals surface area contributed by atoms with Crippen molar-refractivity contribution in [2.45, 2.75) is 52.9 Å². The topological polar surface area (TPSA) is 34.9 Å². The maximum atomic E-state index is 12.0. The van der Waals surface area contributed by atoms with Crippen molar-refractivity contribution in [3.05, 3.63) is 17.0 Å². The Morgan fingerprint density at radius 1 is 1.35 bits per heavy atom. The molecule has 0 bridgehead atoms. The molecule has 1 fully saturated rings. The van der Waals surface area contributed by atoms with E-state index in [9.17, 15) is 4.79 Å². The number of nitrogens with zero attached hydrogens (tertiary/aromatic N) is 2. The maximum Gasteiger partial charge on any atom is 0.140 e. The molecule has 0 aliphatic heterocycles. The molecule has 3 nitrogen and oxygen atoms in total. The van der Waals surface area contributed by atoms with Crippen LogP contribution >= 0.6 is 0 Å². The highest BCUT2D eigenvalue weighted by molar-refractivity contribution is 5.93. The number of aryl methyl sites for hydroxylation is 2. The third-order valence-corrected chi connectivity index (χ3v) is 4.79. The number of aromatic nitrogens is 2. The van der Waals surface area contributed by atoms with E-state index >= 15 is 0 Å². The van der Waals surface area contributed by atoms with Crippen molar-refractivity contribution < 1.29 is 4.79 Å². The molecule has 1 saturated carbocycles. The van der Waals surface area contributed by atoms with Gasteiger partial charge in [-0.1, -0.05) is 13.8 Å². The van der Waals surface area contributed by atoms with E-state index in [1.54, 1.807) is 0 Å². The van der Waals surface area contributed by atoms with Crippen LogP contribution in [0.15, 0.2) is 0 Å². The standard InChI is InChI=1S/C14H22N2O/c1-6-14(7-2)11(8-12(14)17)13-9(3)15-16(5)10(13)4/h11H,6-8H2,1-5H3. The van der Waals surface area contributed by atoms with E-state index in [0.29, 0.717) is 18.1 Å². The van der Waals surface area contributed by atoms with Crippen LogP contribution in [0.4, 0.5) is 0 Å². The molecule has 0 saturated heterocycles. The molecular formula is C14H22N2O. The smallest absolute Gasteiger partial charge is 0.140 e. The molecule has 2 rings (SSSR count). The van der Waals surface area contributed by atoms with Crippen LogP contribution in [-0.4, -0.2) is 15.6 Å². The summed E-state index contributed by atoms with van der Waals surface area (Å²) in [7, 11) is 1.98. The van der Waals surface area contributed by atoms with Gasteiger partial charge in [0.15, 0.2) is 0 Å². The lowest BCUT2D eigenvalue weighted by atomic mass is 9.54. The Morgan fingerprint density at radius 3 is 2.29 bits per heavy atom. The van der Waals surface area contributed by atoms with Crippen molar-refractivity contribution in [3.8, 4) is 0 Å². The minimum atomic E-state index is -0.113. The van der Waals surface area contributed by atoms with E-state index in [0.717, 1.165) is 18.5 Å². The molecule has 1 aliphatic carbocycles. The van der Waals surface area contributed by atoms with Gasteiger partial charge in [-0.3, -0.25) is 9.48 Å². The molecule has 1 aliphatic rings. The van der Waals surface area contributed by atoms with Gasteiger partial charge in [0.05, 0.1) is 5.69 Å². The predicted molar refractivity (Wildman–Crippen MR) is 68.1 cm³/mol. The molecule has 3 heteroatoms. The SMILES string of the molecule is CCC1(CC)C(=O)CC1c1c(C)nn(C)c1C. The molecule has 1 heterocycles. The highest BCUT2D eigenvalue weighted by Crippen LogP contribution is 2.55. The largest absolute Gasteiger partial charge is 0.299 e. The Hall–Kier alpha value is -1.12. The molecule has 0 radical (unpaired) electrons. The van der Waals surface area contributed by atoms with Gasteiger partial charge in [-0.15, -0.1) is 0 Å². The summed E-state index contributed by atoms with van der Waals surface area (Å²) < 4.78 is 1.93. The van der Waals surface area contributed by atoms with Crippen molar-refractivity contribution in [1.29, 1.82) is 0 Å². The van der Waals surface area contributed by atoms with Crippen LogP contribution in [0.25, 0.3) is 0 Å². The second-order valence-electron chi connectivity index (χ2n) is 5.25. The van der Waals surface area contributed by atoms with E-state index in [-0.39, 0.29) is 5.41 Å². The molecule has 0 N–H and O–H groups in total. The number of Topliss-reactive ketones (excluding diaryl/α,β-unsaturated/α-hetero) is 1. The van der Waals surface area contributed by atoms with Crippen LogP contribution < -0.4 is 0 Å². The minimum absolute atomic E-state index is 0.113. The number of ketones is 1. The third-order valence-electron chi connectivity index (χ3n) is 4.79. The second kappa shape index (κ2) is 3.97. The average molecular weight is 234 g/mol. The Bertz CT molecular complexity index is 455. The first kappa shape index (κ1) is 12.3. The highest BCUT2D eigenvalue weighted by atomic mass is 16.1. The minimum Gasteiger partial charge on any atom is -0.299 e. The Morgan fingerprint density at radius 2 is 1.94 bits per heavy atom. The average Bonchev–Trinajstić information content (AvgIpc) is 2.52. The molecule has 0 spiro atoms. The lowest BCUT2D eigenvalue weighted by Crippen LogP contribution is -2.47. The van der Waals surface area contributed by atoms with Crippen LogP contribution in [0.5, 0.6) is 0 Å². The fourth-order valence-electron chi connectivity index (χ4n) is 3.46. The van der Waals surface area contributed by atoms with Gasteiger partial charge in [0, 0.05) is 36.1 Å². The van der Waals surface area contributed by atoms with Gasteiger partial charge in [-0.05, 0) is 26.7 Å². The molecule has 1 atom stereocenters. The Kier molecular flexibility index (Phi) is 2.88. The summed E-state index contributed by atoms with van der Waals surface area (Å²) in [6.07, 6.45) is 2.59. The van der Waals surface area contributed by atoms with Gasteiger partial charge < -0.3 is 0 Å². The van der Waals surface area contributed by atoms with Crippen molar-refractivity contribution in [3.63, 3.8) is 0 Å². The van der Waals surface area contributed by atoms with Crippen molar-refractivity contribution in [2.24, 2.45) is 12.5 Å². The van der Waals surface area contributed by atoms with Gasteiger partial charge in [0.25, 0.3) is 0 Å². The van der Waals surface area contributed by atoms with Crippen LogP contribution in [0.3, 0.4) is 0 Å². The van der Waals surface area contributed by atoms with Crippen molar-refractivity contribution >= 4 is 5.78 Å². The van der Waals surface area contributed by atoms with Crippen LogP contribution in [0.1, 0.15) is 56.0 Å². The van der Waals surface area contributed by atoms with E-state index in [4.69, 9.17) is 0 Å². The van der Waals surface area contributed by atoms with Crippen LogP contribution in [0, 0.1) is 19.3 Å². The normalized spacial score (nSPS) is 22.6. The van der Waals surface area contributed by atoms with Crippen LogP contribution in [0.2, 0.25) is 0 Å². The molecule has 0 aromatic carbocycles. The van der Waals surface area contributed by atoms with E-state index in [2.05, 4.69) is 32.8 Å². The third kappa shape index (κ3) is 1.48. The summed E-state index contributed by atoms with van der Waals surface area (Å²) in [5.74, 6) is 0.828. The zero-order valence-electron chi connectivity index (χ0n) is 11.5. The van der Waals surface area contributed by atoms with E-state index < -0.39 is 0 Å². The Labute approximate surface area is 103 Å². The summed E-state index contributed by atoms with van der Waals surface area (Å²) in [5.41, 5.74) is 3.51. The van der Waals surface area contributed by atoms with Crippen molar-refractivity contribution in [2.75, 3.05) is 0 Å². The van der Waals surface area contributed by atoms with Gasteiger partial charge in [-0.25, -0.2) is 0 Å². The first-order chi connectivity index (χ1) is 7.97. The fourth-order valence-corrected chi connectivity index (χ4v) is 3.46. The van der Waals surface area contributed by atoms with Gasteiger partial charge in [0.1, 0.15) is 5.78 Å². The second-order valence-corrected chi connectivity index (χ2v) is 5.25. The number of carbonyl (C=O) groups is 1. The molecule has 1 aromatic heterocycles. The van der Waals surface area contributed by atoms with E-state index in [1.165, 1.54) is 11.3 Å². The predicted octanol–water partition coefficient (Wildman–Crippen LogP) is 2.90. The zero-order valence-corrected chi connectivity index (χ0v) is 11.5. The maximum absolute atomic E-state index is 12.0. The lowest BCUT2D eigenvalue weighted by Gasteiger charge is -2.47. The summed E-state index contributed by atoms with van der Waals surface area (Å²) >= 11 is 0. The van der Waals surface area contributed by atoms with Crippen LogP contribution in [-0.2, 0) is 11.8 Å². The highest BCUT2D eigenvalue weighted by Gasteiger charge is 2.53. The monoisotopic (exact) mass is 234 g/mol. The fraction of sp³-hybridized carbons (Fsp3) is 0.714. The zero-order chi connectivity index (χ0) is 12.8. The Balaban J connectivity index is 2.45. The number of carbonyl (C=O) groups excluding carboxylic acids is 1. The number of hydrogen-bond donors (Lipinski definition) is 0. The summed E-state index contributed by atoms with van der Waals surface area (Å²) in [4.78, 5) is 12.0. The molecular weight excluding hydrogens is 212 g/mol. The van der Waals surface area contributed by atoms with E-state index in [1.807, 2.05) is 11.7 Å². The summed E-state index contributed by atoms with van der Waals surface area (Å²) in [6.45, 7) is 8.43. The molecule has 0 amide bonds. The summed E-state index contributed by atoms with van der Waals surface area (Å²) in [6, 6.07) is 0. The summed E-state index contributed by atoms with van der Waals surface area (Å²) in [5, 5.41) is 4.48. The van der Waals surface area contributed by atoms with Gasteiger partial charge >= 0.3 is 0 Å². The number of hydrogen-bond acceptors (Lipinski definition) is 2. The molecule has 1 unspecified atom stereocenters. The number of rotatable bonds is 3. The van der Waals surface area contributed by atoms with Gasteiger partial charge in [0.2, 0.25) is 0 Å². The van der Waals surface area contributed by atoms with Gasteiger partial charge in [-0.2, -0.15) is 5.10 Å². The lowest BCUT2D eigenvalue weighted by molar-refractivity contribution is -0.141. The first-order valence-corrected chi connectivity index (χ1v) is 6.51. The quantitative estimate of drug-likeness (QED) is 0.806.